The Hall–Kier alpha value is -2.20. The average molecular weight is 328 g/mol. The Morgan fingerprint density at radius 3 is 2.45 bits per heavy atom. The molecule has 0 saturated carbocycles. The molecular weight excluding hydrogens is 312 g/mol. The first kappa shape index (κ1) is 16.2. The van der Waals surface area contributed by atoms with Gasteiger partial charge in [0.05, 0.1) is 12.8 Å². The molecule has 0 amide bonds. The van der Waals surface area contributed by atoms with Crippen molar-refractivity contribution < 1.29 is 22.6 Å². The molecule has 0 aliphatic rings. The number of carbonyl (C=O) groups excluding carboxylic acids is 1. The van der Waals surface area contributed by atoms with Crippen molar-refractivity contribution in [1.29, 1.82) is 0 Å². The van der Waals surface area contributed by atoms with Crippen LogP contribution < -0.4 is 4.90 Å². The normalized spacial score (nSPS) is 11.9. The van der Waals surface area contributed by atoms with Crippen LogP contribution in [0.15, 0.2) is 21.7 Å². The maximum atomic E-state index is 12.3. The van der Waals surface area contributed by atoms with Gasteiger partial charge < -0.3 is 9.64 Å². The first-order chi connectivity index (χ1) is 10.3. The van der Waals surface area contributed by atoms with E-state index in [-0.39, 0.29) is 22.5 Å². The number of hydrogen-bond acceptors (Lipinski definition) is 8. The zero-order valence-corrected chi connectivity index (χ0v) is 13.4. The number of carbonyl (C=O) groups is 1. The molecule has 22 heavy (non-hydrogen) atoms. The van der Waals surface area contributed by atoms with Gasteiger partial charge in [0.1, 0.15) is 11.4 Å². The molecule has 0 saturated heterocycles. The van der Waals surface area contributed by atoms with Gasteiger partial charge in [-0.1, -0.05) is 0 Å². The molecule has 0 N–H and O–H groups in total. The zero-order valence-electron chi connectivity index (χ0n) is 12.6. The molecule has 0 spiro atoms. The predicted molar refractivity (Wildman–Crippen MR) is 78.0 cm³/mol. The van der Waals surface area contributed by atoms with Gasteiger partial charge in [-0.2, -0.15) is 0 Å². The Balaban J connectivity index is 2.55. The van der Waals surface area contributed by atoms with E-state index in [0.29, 0.717) is 5.69 Å². The summed E-state index contributed by atoms with van der Waals surface area (Å²) in [6.07, 6.45) is 0. The van der Waals surface area contributed by atoms with Crippen LogP contribution in [-0.4, -0.2) is 63.8 Å². The second-order valence-corrected chi connectivity index (χ2v) is 6.88. The van der Waals surface area contributed by atoms with E-state index >= 15 is 0 Å². The number of fused-ring (bicyclic) bond motifs is 1. The van der Waals surface area contributed by atoms with Crippen molar-refractivity contribution in [1.82, 2.24) is 14.6 Å². The van der Waals surface area contributed by atoms with E-state index in [9.17, 15) is 13.2 Å². The summed E-state index contributed by atoms with van der Waals surface area (Å²) in [5.74, 6) is -0.433. The van der Waals surface area contributed by atoms with E-state index in [4.69, 9.17) is 0 Å². The van der Waals surface area contributed by atoms with Crippen LogP contribution in [0.4, 0.5) is 5.69 Å². The standard InChI is InChI=1S/C12H16N4O5S/c1-15(2)22(18,19)9-6-5-8(11-12(9)14-21-13-11)16(3)7-10(17)20-4/h5-6H,7H2,1-4H3. The average Bonchev–Trinajstić information content (AvgIpc) is 2.94. The molecule has 2 aromatic rings. The summed E-state index contributed by atoms with van der Waals surface area (Å²) in [6, 6.07) is 2.96. The van der Waals surface area contributed by atoms with Crippen LogP contribution in [0, 0.1) is 0 Å². The van der Waals surface area contributed by atoms with Crippen LogP contribution in [0.25, 0.3) is 11.0 Å². The molecule has 10 heteroatoms. The monoisotopic (exact) mass is 328 g/mol. The van der Waals surface area contributed by atoms with Gasteiger partial charge in [0, 0.05) is 21.1 Å². The van der Waals surface area contributed by atoms with Crippen molar-refractivity contribution in [2.45, 2.75) is 4.90 Å². The van der Waals surface area contributed by atoms with E-state index in [0.717, 1.165) is 4.31 Å². The first-order valence-corrected chi connectivity index (χ1v) is 7.68. The quantitative estimate of drug-likeness (QED) is 0.711. The van der Waals surface area contributed by atoms with Gasteiger partial charge in [0.25, 0.3) is 0 Å². The van der Waals surface area contributed by atoms with Gasteiger partial charge >= 0.3 is 5.97 Å². The van der Waals surface area contributed by atoms with E-state index in [1.54, 1.807) is 18.0 Å². The van der Waals surface area contributed by atoms with E-state index in [1.165, 1.54) is 27.3 Å². The molecular formula is C12H16N4O5S. The SMILES string of the molecule is COC(=O)CN(C)c1ccc(S(=O)(=O)N(C)C)c2nonc12. The van der Waals surface area contributed by atoms with Crippen molar-refractivity contribution >= 4 is 32.7 Å². The number of anilines is 1. The molecule has 0 bridgehead atoms. The summed E-state index contributed by atoms with van der Waals surface area (Å²) in [5.41, 5.74) is 0.886. The Morgan fingerprint density at radius 1 is 1.23 bits per heavy atom. The van der Waals surface area contributed by atoms with Gasteiger partial charge in [-0.05, 0) is 22.4 Å². The molecule has 2 rings (SSSR count). The lowest BCUT2D eigenvalue weighted by Gasteiger charge is -2.18. The van der Waals surface area contributed by atoms with Gasteiger partial charge in [-0.25, -0.2) is 17.4 Å². The number of sulfonamides is 1. The van der Waals surface area contributed by atoms with Crippen molar-refractivity contribution in [3.05, 3.63) is 12.1 Å². The Morgan fingerprint density at radius 2 is 1.86 bits per heavy atom. The number of benzene rings is 1. The van der Waals surface area contributed by atoms with Crippen molar-refractivity contribution in [3.8, 4) is 0 Å². The second kappa shape index (κ2) is 5.89. The lowest BCUT2D eigenvalue weighted by atomic mass is 10.2. The fraction of sp³-hybridized carbons (Fsp3) is 0.417. The zero-order chi connectivity index (χ0) is 16.5. The Bertz CT molecular complexity index is 799. The summed E-state index contributed by atoms with van der Waals surface area (Å²) in [7, 11) is 2.10. The minimum atomic E-state index is -3.68. The number of aromatic nitrogens is 2. The van der Waals surface area contributed by atoms with Gasteiger partial charge in [0.2, 0.25) is 10.0 Å². The topological polar surface area (TPSA) is 106 Å². The highest BCUT2D eigenvalue weighted by Gasteiger charge is 2.25. The summed E-state index contributed by atoms with van der Waals surface area (Å²) in [5, 5.41) is 7.42. The van der Waals surface area contributed by atoms with Crippen LogP contribution in [-0.2, 0) is 19.6 Å². The predicted octanol–water partition coefficient (Wildman–Crippen LogP) is 0.0823. The van der Waals surface area contributed by atoms with Gasteiger partial charge in [0.15, 0.2) is 11.0 Å². The third-order valence-electron chi connectivity index (χ3n) is 3.12. The molecule has 0 aliphatic carbocycles. The van der Waals surface area contributed by atoms with Crippen LogP contribution in [0.5, 0.6) is 0 Å². The maximum Gasteiger partial charge on any atom is 0.325 e. The molecule has 1 heterocycles. The molecule has 9 nitrogen and oxygen atoms in total. The molecule has 120 valence electrons. The van der Waals surface area contributed by atoms with Crippen molar-refractivity contribution in [2.75, 3.05) is 39.7 Å². The summed E-state index contributed by atoms with van der Waals surface area (Å²) < 4.78 is 34.9. The number of methoxy groups -OCH3 is 1. The largest absolute Gasteiger partial charge is 0.468 e. The van der Waals surface area contributed by atoms with E-state index in [1.807, 2.05) is 0 Å². The van der Waals surface area contributed by atoms with Crippen LogP contribution >= 0.6 is 0 Å². The lowest BCUT2D eigenvalue weighted by molar-refractivity contribution is -0.138. The van der Waals surface area contributed by atoms with E-state index < -0.39 is 16.0 Å². The van der Waals surface area contributed by atoms with Gasteiger partial charge in [-0.15, -0.1) is 0 Å². The number of ether oxygens (including phenoxy) is 1. The van der Waals surface area contributed by atoms with Gasteiger partial charge in [-0.3, -0.25) is 4.79 Å². The second-order valence-electron chi connectivity index (χ2n) is 4.76. The van der Waals surface area contributed by atoms with Crippen LogP contribution in [0.3, 0.4) is 0 Å². The fourth-order valence-electron chi connectivity index (χ4n) is 1.89. The minimum absolute atomic E-state index is 0.0102. The lowest BCUT2D eigenvalue weighted by Crippen LogP contribution is -2.27. The molecule has 0 atom stereocenters. The molecule has 1 aromatic heterocycles. The number of rotatable bonds is 5. The number of hydrogen-bond donors (Lipinski definition) is 0. The van der Waals surface area contributed by atoms with Crippen molar-refractivity contribution in [3.63, 3.8) is 0 Å². The molecule has 0 radical (unpaired) electrons. The fourth-order valence-corrected chi connectivity index (χ4v) is 2.90. The van der Waals surface area contributed by atoms with Crippen LogP contribution in [0.2, 0.25) is 0 Å². The van der Waals surface area contributed by atoms with Crippen molar-refractivity contribution in [2.24, 2.45) is 0 Å². The summed E-state index contributed by atoms with van der Waals surface area (Å²) >= 11 is 0. The Kier molecular flexibility index (Phi) is 4.33. The highest BCUT2D eigenvalue weighted by molar-refractivity contribution is 7.89. The smallest absolute Gasteiger partial charge is 0.325 e. The maximum absolute atomic E-state index is 12.3. The number of likely N-dealkylation sites (N-methyl/N-ethyl adjacent to an activating group) is 1. The summed E-state index contributed by atoms with van der Waals surface area (Å²) in [6.45, 7) is -0.0156. The third kappa shape index (κ3) is 2.74. The van der Waals surface area contributed by atoms with E-state index in [2.05, 4.69) is 19.7 Å². The summed E-state index contributed by atoms with van der Waals surface area (Å²) in [4.78, 5) is 12.9. The molecule has 0 unspecified atom stereocenters. The number of esters is 1. The Labute approximate surface area is 127 Å². The first-order valence-electron chi connectivity index (χ1n) is 6.24. The minimum Gasteiger partial charge on any atom is -0.468 e. The molecule has 1 aromatic carbocycles. The van der Waals surface area contributed by atoms with Crippen LogP contribution in [0.1, 0.15) is 0 Å². The highest BCUT2D eigenvalue weighted by atomic mass is 32.2. The highest BCUT2D eigenvalue weighted by Crippen LogP contribution is 2.29. The molecule has 0 aliphatic heterocycles. The number of nitrogens with zero attached hydrogens (tertiary/aromatic N) is 4. The third-order valence-corrected chi connectivity index (χ3v) is 4.97. The molecule has 0 fully saturated rings.